The molecule has 0 bridgehead atoms. The molecule has 2 atom stereocenters. The van der Waals surface area contributed by atoms with E-state index in [0.29, 0.717) is 18.0 Å². The monoisotopic (exact) mass is 283 g/mol. The van der Waals surface area contributed by atoms with Crippen LogP contribution in [0.5, 0.6) is 0 Å². The first-order valence-corrected chi connectivity index (χ1v) is 8.10. The molecule has 1 aromatic rings. The van der Waals surface area contributed by atoms with E-state index in [1.165, 1.54) is 0 Å². The minimum Gasteiger partial charge on any atom is -0.375 e. The highest BCUT2D eigenvalue weighted by molar-refractivity contribution is 7.89. The molecule has 19 heavy (non-hydrogen) atoms. The highest BCUT2D eigenvalue weighted by Gasteiger charge is 2.36. The van der Waals surface area contributed by atoms with E-state index in [4.69, 9.17) is 4.74 Å². The average Bonchev–Trinajstić information content (AvgIpc) is 2.39. The van der Waals surface area contributed by atoms with E-state index in [1.54, 1.807) is 16.4 Å². The average molecular weight is 283 g/mol. The van der Waals surface area contributed by atoms with Gasteiger partial charge in [-0.15, -0.1) is 0 Å². The van der Waals surface area contributed by atoms with Crippen LogP contribution in [0.2, 0.25) is 0 Å². The summed E-state index contributed by atoms with van der Waals surface area (Å²) in [6, 6.07) is 7.06. The van der Waals surface area contributed by atoms with Gasteiger partial charge in [-0.1, -0.05) is 25.1 Å². The van der Waals surface area contributed by atoms with E-state index < -0.39 is 10.0 Å². The molecule has 2 rings (SSSR count). The number of ether oxygens (including phenoxy) is 1. The van der Waals surface area contributed by atoms with Gasteiger partial charge >= 0.3 is 0 Å². The summed E-state index contributed by atoms with van der Waals surface area (Å²) in [4.78, 5) is 0.405. The van der Waals surface area contributed by atoms with Crippen molar-refractivity contribution in [1.82, 2.24) is 4.31 Å². The molecule has 106 valence electrons. The molecule has 1 aliphatic heterocycles. The van der Waals surface area contributed by atoms with E-state index in [-0.39, 0.29) is 12.1 Å². The first-order valence-electron chi connectivity index (χ1n) is 6.66. The maximum absolute atomic E-state index is 12.8. The van der Waals surface area contributed by atoms with Crippen molar-refractivity contribution in [2.24, 2.45) is 0 Å². The SMILES string of the molecule is CCC1COC(C)CN1S(=O)(=O)c1ccccc1C. The van der Waals surface area contributed by atoms with Crippen LogP contribution in [0.25, 0.3) is 0 Å². The topological polar surface area (TPSA) is 46.6 Å². The molecule has 0 radical (unpaired) electrons. The second-order valence-electron chi connectivity index (χ2n) is 5.05. The van der Waals surface area contributed by atoms with Crippen molar-refractivity contribution in [3.05, 3.63) is 29.8 Å². The molecular formula is C14H21NO3S. The predicted molar refractivity (Wildman–Crippen MR) is 74.6 cm³/mol. The van der Waals surface area contributed by atoms with Gasteiger partial charge in [-0.05, 0) is 31.9 Å². The number of benzene rings is 1. The fourth-order valence-corrected chi connectivity index (χ4v) is 4.39. The number of hydrogen-bond donors (Lipinski definition) is 0. The zero-order valence-corrected chi connectivity index (χ0v) is 12.5. The zero-order valence-electron chi connectivity index (χ0n) is 11.7. The quantitative estimate of drug-likeness (QED) is 0.854. The van der Waals surface area contributed by atoms with Crippen LogP contribution < -0.4 is 0 Å². The summed E-state index contributed by atoms with van der Waals surface area (Å²) < 4.78 is 32.8. The summed E-state index contributed by atoms with van der Waals surface area (Å²) in [7, 11) is -3.43. The van der Waals surface area contributed by atoms with Gasteiger partial charge in [-0.3, -0.25) is 0 Å². The van der Waals surface area contributed by atoms with Crippen LogP contribution in [0.4, 0.5) is 0 Å². The van der Waals surface area contributed by atoms with Crippen LogP contribution in [0.1, 0.15) is 25.8 Å². The molecule has 0 amide bonds. The van der Waals surface area contributed by atoms with Crippen LogP contribution in [-0.4, -0.2) is 38.0 Å². The Kier molecular flexibility index (Phi) is 4.28. The Morgan fingerprint density at radius 2 is 2.05 bits per heavy atom. The van der Waals surface area contributed by atoms with E-state index in [9.17, 15) is 8.42 Å². The Labute approximate surface area is 115 Å². The molecule has 5 heteroatoms. The minimum atomic E-state index is -3.43. The highest BCUT2D eigenvalue weighted by atomic mass is 32.2. The molecule has 0 saturated carbocycles. The number of morpholine rings is 1. The van der Waals surface area contributed by atoms with Crippen molar-refractivity contribution in [2.75, 3.05) is 13.2 Å². The third-order valence-corrected chi connectivity index (χ3v) is 5.65. The number of aryl methyl sites for hydroxylation is 1. The maximum atomic E-state index is 12.8. The molecule has 1 aliphatic rings. The fourth-order valence-electron chi connectivity index (χ4n) is 2.40. The van der Waals surface area contributed by atoms with Crippen LogP contribution in [0.15, 0.2) is 29.2 Å². The number of nitrogens with zero attached hydrogens (tertiary/aromatic N) is 1. The van der Waals surface area contributed by atoms with Crippen molar-refractivity contribution < 1.29 is 13.2 Å². The van der Waals surface area contributed by atoms with Gasteiger partial charge in [0, 0.05) is 12.6 Å². The predicted octanol–water partition coefficient (Wildman–Crippen LogP) is 2.18. The van der Waals surface area contributed by atoms with Crippen molar-refractivity contribution >= 4 is 10.0 Å². The number of hydrogen-bond acceptors (Lipinski definition) is 3. The van der Waals surface area contributed by atoms with Crippen molar-refractivity contribution in [1.29, 1.82) is 0 Å². The maximum Gasteiger partial charge on any atom is 0.243 e. The lowest BCUT2D eigenvalue weighted by molar-refractivity contribution is -0.0230. The normalized spacial score (nSPS) is 25.4. The van der Waals surface area contributed by atoms with Gasteiger partial charge in [0.2, 0.25) is 10.0 Å². The molecule has 1 saturated heterocycles. The Morgan fingerprint density at radius 1 is 1.37 bits per heavy atom. The van der Waals surface area contributed by atoms with Gasteiger partial charge in [-0.2, -0.15) is 4.31 Å². The number of sulfonamides is 1. The zero-order chi connectivity index (χ0) is 14.0. The molecule has 1 fully saturated rings. The molecule has 1 aromatic carbocycles. The first kappa shape index (κ1) is 14.5. The molecule has 4 nitrogen and oxygen atoms in total. The van der Waals surface area contributed by atoms with Crippen LogP contribution in [0, 0.1) is 6.92 Å². The van der Waals surface area contributed by atoms with E-state index >= 15 is 0 Å². The van der Waals surface area contributed by atoms with Crippen molar-refractivity contribution in [3.63, 3.8) is 0 Å². The Morgan fingerprint density at radius 3 is 2.68 bits per heavy atom. The summed E-state index contributed by atoms with van der Waals surface area (Å²) in [5.41, 5.74) is 0.788. The van der Waals surface area contributed by atoms with Gasteiger partial charge in [0.25, 0.3) is 0 Å². The lowest BCUT2D eigenvalue weighted by Crippen LogP contribution is -2.51. The third-order valence-electron chi connectivity index (χ3n) is 3.57. The standard InChI is InChI=1S/C14H21NO3S/c1-4-13-10-18-12(3)9-15(13)19(16,17)14-8-6-5-7-11(14)2/h5-8,12-13H,4,9-10H2,1-3H3. The Balaban J connectivity index is 2.40. The highest BCUT2D eigenvalue weighted by Crippen LogP contribution is 2.25. The van der Waals surface area contributed by atoms with E-state index in [0.717, 1.165) is 12.0 Å². The summed E-state index contributed by atoms with van der Waals surface area (Å²) in [5, 5.41) is 0. The third kappa shape index (κ3) is 2.83. The summed E-state index contributed by atoms with van der Waals surface area (Å²) in [6.07, 6.45) is 0.708. The van der Waals surface area contributed by atoms with E-state index in [2.05, 4.69) is 0 Å². The summed E-state index contributed by atoms with van der Waals surface area (Å²) >= 11 is 0. The van der Waals surface area contributed by atoms with Crippen molar-refractivity contribution in [2.45, 2.75) is 44.2 Å². The second kappa shape index (κ2) is 5.61. The molecule has 0 N–H and O–H groups in total. The van der Waals surface area contributed by atoms with Gasteiger partial charge in [0.1, 0.15) is 0 Å². The molecule has 1 heterocycles. The van der Waals surface area contributed by atoms with Gasteiger partial charge < -0.3 is 4.74 Å². The molecule has 0 spiro atoms. The van der Waals surface area contributed by atoms with Gasteiger partial charge in [-0.25, -0.2) is 8.42 Å². The Bertz CT molecular complexity index is 541. The van der Waals surface area contributed by atoms with Gasteiger partial charge in [0.15, 0.2) is 0 Å². The number of rotatable bonds is 3. The molecule has 0 aliphatic carbocycles. The molecule has 0 aromatic heterocycles. The molecular weight excluding hydrogens is 262 g/mol. The minimum absolute atomic E-state index is 0.0541. The lowest BCUT2D eigenvalue weighted by Gasteiger charge is -2.37. The lowest BCUT2D eigenvalue weighted by atomic mass is 10.2. The largest absolute Gasteiger partial charge is 0.375 e. The van der Waals surface area contributed by atoms with Crippen LogP contribution in [-0.2, 0) is 14.8 Å². The smallest absolute Gasteiger partial charge is 0.243 e. The Hall–Kier alpha value is -0.910. The van der Waals surface area contributed by atoms with Crippen LogP contribution >= 0.6 is 0 Å². The first-order chi connectivity index (χ1) is 8.96. The van der Waals surface area contributed by atoms with E-state index in [1.807, 2.05) is 32.9 Å². The molecule has 2 unspecified atom stereocenters. The fraction of sp³-hybridized carbons (Fsp3) is 0.571. The van der Waals surface area contributed by atoms with Crippen molar-refractivity contribution in [3.8, 4) is 0 Å². The second-order valence-corrected chi connectivity index (χ2v) is 6.91. The summed E-state index contributed by atoms with van der Waals surface area (Å²) in [5.74, 6) is 0. The van der Waals surface area contributed by atoms with Gasteiger partial charge in [0.05, 0.1) is 17.6 Å². The summed E-state index contributed by atoms with van der Waals surface area (Å²) in [6.45, 7) is 6.63. The van der Waals surface area contributed by atoms with Crippen LogP contribution in [0.3, 0.4) is 0 Å².